The first-order valence-electron chi connectivity index (χ1n) is 7.63. The number of carbonyl (C=O) groups is 1. The van der Waals surface area contributed by atoms with Crippen LogP contribution in [-0.2, 0) is 9.53 Å². The molecule has 4 heteroatoms. The zero-order valence-electron chi connectivity index (χ0n) is 13.3. The minimum Gasteiger partial charge on any atom is -0.469 e. The summed E-state index contributed by atoms with van der Waals surface area (Å²) in [5.74, 6) is -0.242. The molecule has 1 rings (SSSR count). The molecule has 0 saturated heterocycles. The Labute approximate surface area is 127 Å². The van der Waals surface area contributed by atoms with E-state index in [0.717, 1.165) is 30.5 Å². The Morgan fingerprint density at radius 2 is 2.00 bits per heavy atom. The first-order valence-corrected chi connectivity index (χ1v) is 7.63. The van der Waals surface area contributed by atoms with Crippen LogP contribution in [0.2, 0.25) is 0 Å². The van der Waals surface area contributed by atoms with E-state index in [9.17, 15) is 9.90 Å². The van der Waals surface area contributed by atoms with Gasteiger partial charge in [-0.1, -0.05) is 43.2 Å². The Bertz CT molecular complexity index is 417. The molecule has 0 amide bonds. The second-order valence-corrected chi connectivity index (χ2v) is 5.38. The van der Waals surface area contributed by atoms with Crippen molar-refractivity contribution in [3.63, 3.8) is 0 Å². The van der Waals surface area contributed by atoms with Crippen molar-refractivity contribution in [1.29, 1.82) is 0 Å². The number of hydrogen-bond acceptors (Lipinski definition) is 4. The smallest absolute Gasteiger partial charge is 0.305 e. The summed E-state index contributed by atoms with van der Waals surface area (Å²) in [7, 11) is 1.39. The number of hydrogen-bond donors (Lipinski definition) is 2. The lowest BCUT2D eigenvalue weighted by atomic mass is 9.97. The molecule has 21 heavy (non-hydrogen) atoms. The van der Waals surface area contributed by atoms with Gasteiger partial charge in [0.2, 0.25) is 0 Å². The van der Waals surface area contributed by atoms with Crippen molar-refractivity contribution < 1.29 is 14.6 Å². The highest BCUT2D eigenvalue weighted by molar-refractivity contribution is 5.69. The van der Waals surface area contributed by atoms with Crippen molar-refractivity contribution in [2.75, 3.05) is 13.7 Å². The lowest BCUT2D eigenvalue weighted by Crippen LogP contribution is -2.36. The molecule has 118 valence electrons. The number of benzene rings is 1. The molecule has 1 aromatic carbocycles. The third kappa shape index (κ3) is 6.27. The highest BCUT2D eigenvalue weighted by Crippen LogP contribution is 2.21. The Hall–Kier alpha value is -1.39. The molecule has 2 unspecified atom stereocenters. The highest BCUT2D eigenvalue weighted by atomic mass is 16.5. The average molecular weight is 293 g/mol. The van der Waals surface area contributed by atoms with E-state index in [2.05, 4.69) is 17.0 Å². The van der Waals surface area contributed by atoms with Crippen LogP contribution in [0.1, 0.15) is 49.8 Å². The van der Waals surface area contributed by atoms with Crippen LogP contribution in [0.25, 0.3) is 0 Å². The van der Waals surface area contributed by atoms with E-state index in [4.69, 9.17) is 0 Å². The summed E-state index contributed by atoms with van der Waals surface area (Å²) in [6.45, 7) is 4.98. The van der Waals surface area contributed by atoms with E-state index in [1.165, 1.54) is 7.11 Å². The predicted molar refractivity (Wildman–Crippen MR) is 84.1 cm³/mol. The van der Waals surface area contributed by atoms with Gasteiger partial charge in [0.1, 0.15) is 0 Å². The molecule has 2 atom stereocenters. The van der Waals surface area contributed by atoms with Gasteiger partial charge in [0.05, 0.1) is 13.2 Å². The van der Waals surface area contributed by atoms with Crippen LogP contribution < -0.4 is 5.32 Å². The summed E-state index contributed by atoms with van der Waals surface area (Å²) >= 11 is 0. The van der Waals surface area contributed by atoms with Gasteiger partial charge >= 0.3 is 5.97 Å². The van der Waals surface area contributed by atoms with Gasteiger partial charge in [-0.15, -0.1) is 0 Å². The zero-order chi connectivity index (χ0) is 15.7. The van der Waals surface area contributed by atoms with Crippen LogP contribution in [0.5, 0.6) is 0 Å². The minimum atomic E-state index is -0.618. The molecule has 0 saturated carbocycles. The standard InChI is InChI=1S/C17H27NO3/c1-4-5-12-18-15(10-11-16(19)21-3)17(20)14-8-6-13(2)7-9-14/h6-9,15,17-18,20H,4-5,10-12H2,1-3H3. The zero-order valence-corrected chi connectivity index (χ0v) is 13.3. The van der Waals surface area contributed by atoms with Crippen LogP contribution in [0.15, 0.2) is 24.3 Å². The van der Waals surface area contributed by atoms with Crippen molar-refractivity contribution >= 4 is 5.97 Å². The van der Waals surface area contributed by atoms with Crippen molar-refractivity contribution in [1.82, 2.24) is 5.32 Å². The van der Waals surface area contributed by atoms with Crippen LogP contribution in [0.4, 0.5) is 0 Å². The number of aliphatic hydroxyl groups is 1. The topological polar surface area (TPSA) is 58.6 Å². The number of esters is 1. The van der Waals surface area contributed by atoms with E-state index in [-0.39, 0.29) is 12.0 Å². The van der Waals surface area contributed by atoms with Gasteiger partial charge in [0, 0.05) is 12.5 Å². The van der Waals surface area contributed by atoms with Crippen molar-refractivity contribution in [3.8, 4) is 0 Å². The van der Waals surface area contributed by atoms with E-state index in [0.29, 0.717) is 12.8 Å². The Balaban J connectivity index is 2.68. The molecule has 2 N–H and O–H groups in total. The van der Waals surface area contributed by atoms with E-state index in [1.54, 1.807) is 0 Å². The van der Waals surface area contributed by atoms with Gasteiger partial charge in [-0.05, 0) is 31.9 Å². The third-order valence-corrected chi connectivity index (χ3v) is 3.62. The fraction of sp³-hybridized carbons (Fsp3) is 0.588. The van der Waals surface area contributed by atoms with E-state index in [1.807, 2.05) is 31.2 Å². The molecular formula is C17H27NO3. The second-order valence-electron chi connectivity index (χ2n) is 5.38. The summed E-state index contributed by atoms with van der Waals surface area (Å²) in [5, 5.41) is 13.9. The van der Waals surface area contributed by atoms with Gasteiger partial charge in [0.25, 0.3) is 0 Å². The minimum absolute atomic E-state index is 0.140. The van der Waals surface area contributed by atoms with Crippen LogP contribution >= 0.6 is 0 Å². The number of carbonyl (C=O) groups excluding carboxylic acids is 1. The summed E-state index contributed by atoms with van der Waals surface area (Å²) in [6, 6.07) is 7.71. The van der Waals surface area contributed by atoms with Crippen molar-refractivity contribution in [2.24, 2.45) is 0 Å². The molecule has 0 heterocycles. The second kappa shape index (κ2) is 9.53. The average Bonchev–Trinajstić information content (AvgIpc) is 2.50. The Morgan fingerprint density at radius 3 is 2.57 bits per heavy atom. The van der Waals surface area contributed by atoms with Gasteiger partial charge in [-0.3, -0.25) is 4.79 Å². The number of rotatable bonds is 9. The molecule has 0 fully saturated rings. The van der Waals surface area contributed by atoms with Crippen molar-refractivity contribution in [3.05, 3.63) is 35.4 Å². The van der Waals surface area contributed by atoms with Gasteiger partial charge in [-0.2, -0.15) is 0 Å². The molecule has 4 nitrogen and oxygen atoms in total. The monoisotopic (exact) mass is 293 g/mol. The summed E-state index contributed by atoms with van der Waals surface area (Å²) in [5.41, 5.74) is 2.04. The summed E-state index contributed by atoms with van der Waals surface area (Å²) < 4.78 is 4.68. The summed E-state index contributed by atoms with van der Waals surface area (Å²) in [4.78, 5) is 11.3. The molecule has 0 radical (unpaired) electrons. The summed E-state index contributed by atoms with van der Waals surface area (Å²) in [6.07, 6.45) is 2.40. The van der Waals surface area contributed by atoms with Gasteiger partial charge in [0.15, 0.2) is 0 Å². The molecular weight excluding hydrogens is 266 g/mol. The Kier molecular flexibility index (Phi) is 8.01. The largest absolute Gasteiger partial charge is 0.469 e. The number of aliphatic hydroxyl groups excluding tert-OH is 1. The lowest BCUT2D eigenvalue weighted by Gasteiger charge is -2.24. The van der Waals surface area contributed by atoms with Gasteiger partial charge in [-0.25, -0.2) is 0 Å². The molecule has 0 aliphatic carbocycles. The number of nitrogens with one attached hydrogen (secondary N) is 1. The molecule has 0 spiro atoms. The number of unbranched alkanes of at least 4 members (excludes halogenated alkanes) is 1. The maximum absolute atomic E-state index is 11.3. The molecule has 0 bridgehead atoms. The molecule has 1 aromatic rings. The maximum atomic E-state index is 11.3. The van der Waals surface area contributed by atoms with E-state index >= 15 is 0 Å². The quantitative estimate of drug-likeness (QED) is 0.543. The fourth-order valence-electron chi connectivity index (χ4n) is 2.21. The fourth-order valence-corrected chi connectivity index (χ4v) is 2.21. The normalized spacial score (nSPS) is 13.7. The number of aryl methyl sites for hydroxylation is 1. The number of ether oxygens (including phenoxy) is 1. The predicted octanol–water partition coefficient (Wildman–Crippen LogP) is 2.74. The first-order chi connectivity index (χ1) is 10.1. The first kappa shape index (κ1) is 17.7. The SMILES string of the molecule is CCCCNC(CCC(=O)OC)C(O)c1ccc(C)cc1. The van der Waals surface area contributed by atoms with Gasteiger partial charge < -0.3 is 15.2 Å². The van der Waals surface area contributed by atoms with Crippen LogP contribution in [-0.4, -0.2) is 30.8 Å². The lowest BCUT2D eigenvalue weighted by molar-refractivity contribution is -0.141. The van der Waals surface area contributed by atoms with E-state index < -0.39 is 6.10 Å². The molecule has 0 aliphatic heterocycles. The highest BCUT2D eigenvalue weighted by Gasteiger charge is 2.21. The molecule has 0 aromatic heterocycles. The third-order valence-electron chi connectivity index (χ3n) is 3.62. The van der Waals surface area contributed by atoms with Crippen LogP contribution in [0, 0.1) is 6.92 Å². The van der Waals surface area contributed by atoms with Crippen LogP contribution in [0.3, 0.4) is 0 Å². The number of methoxy groups -OCH3 is 1. The maximum Gasteiger partial charge on any atom is 0.305 e. The molecule has 0 aliphatic rings. The van der Waals surface area contributed by atoms with Crippen molar-refractivity contribution in [2.45, 2.75) is 51.7 Å². The Morgan fingerprint density at radius 1 is 1.33 bits per heavy atom.